The van der Waals surface area contributed by atoms with E-state index in [1.54, 1.807) is 4.90 Å². The predicted octanol–water partition coefficient (Wildman–Crippen LogP) is 5.40. The zero-order valence-electron chi connectivity index (χ0n) is 21.0. The van der Waals surface area contributed by atoms with Crippen LogP contribution in [-0.2, 0) is 29.0 Å². The maximum Gasteiger partial charge on any atom is 0.243 e. The van der Waals surface area contributed by atoms with E-state index in [0.717, 1.165) is 27.8 Å². The largest absolute Gasteiger partial charge is 0.350 e. The van der Waals surface area contributed by atoms with E-state index in [-0.39, 0.29) is 18.2 Å². The van der Waals surface area contributed by atoms with E-state index in [4.69, 9.17) is 0 Å². The van der Waals surface area contributed by atoms with Crippen LogP contribution in [0, 0.1) is 13.8 Å². The Bertz CT molecular complexity index is 1120. The highest BCUT2D eigenvalue weighted by Gasteiger charge is 2.32. The number of hydrogen-bond donors (Lipinski definition) is 1. The summed E-state index contributed by atoms with van der Waals surface area (Å²) in [6.07, 6.45) is 0.704. The molecular formula is C30H36N2O2. The second-order valence-electron chi connectivity index (χ2n) is 10.1. The van der Waals surface area contributed by atoms with E-state index in [1.807, 2.05) is 113 Å². The van der Waals surface area contributed by atoms with E-state index in [0.29, 0.717) is 13.0 Å². The van der Waals surface area contributed by atoms with Gasteiger partial charge in [-0.2, -0.15) is 0 Å². The number of carbonyl (C=O) groups excluding carboxylic acids is 2. The number of aryl methyl sites for hydroxylation is 2. The standard InChI is InChI=1S/C30H36N2O2/c1-22-12-11-16-25(18-22)20-28(33)32(21-26-17-10-9-13-23(26)2)27(29(34)31-30(3,4)5)19-24-14-7-6-8-15-24/h6-18,27H,19-21H2,1-5H3,(H,31,34)/t27-/m1/s1. The molecule has 3 aromatic rings. The summed E-state index contributed by atoms with van der Waals surface area (Å²) >= 11 is 0. The summed E-state index contributed by atoms with van der Waals surface area (Å²) in [4.78, 5) is 29.1. The molecule has 3 rings (SSSR count). The SMILES string of the molecule is Cc1cccc(CC(=O)N(Cc2ccccc2C)[C@H](Cc2ccccc2)C(=O)NC(C)(C)C)c1. The number of amides is 2. The molecule has 4 nitrogen and oxygen atoms in total. The maximum absolute atomic E-state index is 13.8. The van der Waals surface area contributed by atoms with E-state index in [1.165, 1.54) is 0 Å². The lowest BCUT2D eigenvalue weighted by molar-refractivity contribution is -0.141. The fourth-order valence-corrected chi connectivity index (χ4v) is 4.08. The van der Waals surface area contributed by atoms with E-state index in [9.17, 15) is 9.59 Å². The third kappa shape index (κ3) is 7.31. The first-order valence-corrected chi connectivity index (χ1v) is 11.9. The second kappa shape index (κ2) is 11.1. The van der Waals surface area contributed by atoms with Gasteiger partial charge in [-0.15, -0.1) is 0 Å². The van der Waals surface area contributed by atoms with Crippen LogP contribution in [0.4, 0.5) is 0 Å². The molecule has 4 heteroatoms. The number of nitrogens with zero attached hydrogens (tertiary/aromatic N) is 1. The van der Waals surface area contributed by atoms with Crippen LogP contribution in [0.25, 0.3) is 0 Å². The van der Waals surface area contributed by atoms with Crippen molar-refractivity contribution in [2.45, 2.75) is 65.6 Å². The fraction of sp³-hybridized carbons (Fsp3) is 0.333. The molecule has 0 unspecified atom stereocenters. The van der Waals surface area contributed by atoms with Crippen molar-refractivity contribution in [3.8, 4) is 0 Å². The molecule has 0 aromatic heterocycles. The van der Waals surface area contributed by atoms with Gasteiger partial charge in [0.1, 0.15) is 6.04 Å². The lowest BCUT2D eigenvalue weighted by Gasteiger charge is -2.34. The molecule has 0 heterocycles. The van der Waals surface area contributed by atoms with Crippen LogP contribution in [0.15, 0.2) is 78.9 Å². The summed E-state index contributed by atoms with van der Waals surface area (Å²) in [6, 6.07) is 25.3. The highest BCUT2D eigenvalue weighted by molar-refractivity contribution is 5.89. The molecular weight excluding hydrogens is 420 g/mol. The summed E-state index contributed by atoms with van der Waals surface area (Å²) in [5, 5.41) is 3.12. The van der Waals surface area contributed by atoms with Gasteiger partial charge < -0.3 is 10.2 Å². The number of rotatable bonds is 8. The minimum atomic E-state index is -0.626. The van der Waals surface area contributed by atoms with Gasteiger partial charge in [-0.05, 0) is 56.9 Å². The molecule has 3 aromatic carbocycles. The van der Waals surface area contributed by atoms with Crippen LogP contribution in [0.3, 0.4) is 0 Å². The van der Waals surface area contributed by atoms with Crippen molar-refractivity contribution in [2.75, 3.05) is 0 Å². The van der Waals surface area contributed by atoms with Crippen molar-refractivity contribution in [3.63, 3.8) is 0 Å². The zero-order chi connectivity index (χ0) is 24.7. The number of carbonyl (C=O) groups is 2. The van der Waals surface area contributed by atoms with Crippen molar-refractivity contribution < 1.29 is 9.59 Å². The molecule has 178 valence electrons. The molecule has 0 fully saturated rings. The van der Waals surface area contributed by atoms with Gasteiger partial charge in [-0.25, -0.2) is 0 Å². The molecule has 2 amide bonds. The average Bonchev–Trinajstić information content (AvgIpc) is 2.77. The van der Waals surface area contributed by atoms with Gasteiger partial charge in [0.2, 0.25) is 11.8 Å². The Hall–Kier alpha value is -3.40. The average molecular weight is 457 g/mol. The summed E-state index contributed by atoms with van der Waals surface area (Å²) < 4.78 is 0. The Morgan fingerprint density at radius 3 is 2.15 bits per heavy atom. The molecule has 0 saturated heterocycles. The molecule has 0 aliphatic carbocycles. The van der Waals surface area contributed by atoms with Crippen LogP contribution in [0.2, 0.25) is 0 Å². The number of benzene rings is 3. The Kier molecular flexibility index (Phi) is 8.27. The monoisotopic (exact) mass is 456 g/mol. The lowest BCUT2D eigenvalue weighted by Crippen LogP contribution is -2.54. The van der Waals surface area contributed by atoms with Crippen molar-refractivity contribution in [2.24, 2.45) is 0 Å². The van der Waals surface area contributed by atoms with Gasteiger partial charge in [-0.3, -0.25) is 9.59 Å². The van der Waals surface area contributed by atoms with Crippen molar-refractivity contribution in [1.82, 2.24) is 10.2 Å². The molecule has 0 spiro atoms. The quantitative estimate of drug-likeness (QED) is 0.493. The maximum atomic E-state index is 13.8. The van der Waals surface area contributed by atoms with Crippen LogP contribution in [0.5, 0.6) is 0 Å². The second-order valence-corrected chi connectivity index (χ2v) is 10.1. The minimum absolute atomic E-state index is 0.0566. The number of nitrogens with one attached hydrogen (secondary N) is 1. The van der Waals surface area contributed by atoms with Gasteiger partial charge >= 0.3 is 0 Å². The Morgan fingerprint density at radius 1 is 0.853 bits per heavy atom. The van der Waals surface area contributed by atoms with Crippen molar-refractivity contribution in [3.05, 3.63) is 107 Å². The molecule has 0 bridgehead atoms. The zero-order valence-corrected chi connectivity index (χ0v) is 21.0. The summed E-state index contributed by atoms with van der Waals surface area (Å²) in [7, 11) is 0. The molecule has 0 aliphatic rings. The van der Waals surface area contributed by atoms with Crippen LogP contribution < -0.4 is 5.32 Å². The number of hydrogen-bond acceptors (Lipinski definition) is 2. The first-order valence-electron chi connectivity index (χ1n) is 11.9. The Labute approximate surface area is 204 Å². The molecule has 0 saturated carbocycles. The van der Waals surface area contributed by atoms with Gasteiger partial charge in [-0.1, -0.05) is 84.4 Å². The summed E-state index contributed by atoms with van der Waals surface area (Å²) in [5.41, 5.74) is 4.83. The van der Waals surface area contributed by atoms with Gasteiger partial charge in [0, 0.05) is 18.5 Å². The lowest BCUT2D eigenvalue weighted by atomic mass is 9.99. The highest BCUT2D eigenvalue weighted by Crippen LogP contribution is 2.19. The summed E-state index contributed by atoms with van der Waals surface area (Å²) in [6.45, 7) is 10.3. The van der Waals surface area contributed by atoms with E-state index in [2.05, 4.69) is 5.32 Å². The van der Waals surface area contributed by atoms with Gasteiger partial charge in [0.05, 0.1) is 6.42 Å². The molecule has 1 atom stereocenters. The smallest absolute Gasteiger partial charge is 0.243 e. The van der Waals surface area contributed by atoms with Crippen molar-refractivity contribution in [1.29, 1.82) is 0 Å². The van der Waals surface area contributed by atoms with Crippen LogP contribution in [-0.4, -0.2) is 28.3 Å². The van der Waals surface area contributed by atoms with Crippen molar-refractivity contribution >= 4 is 11.8 Å². The Morgan fingerprint density at radius 2 is 1.50 bits per heavy atom. The third-order valence-corrected chi connectivity index (χ3v) is 5.81. The van der Waals surface area contributed by atoms with Gasteiger partial charge in [0.15, 0.2) is 0 Å². The van der Waals surface area contributed by atoms with Gasteiger partial charge in [0.25, 0.3) is 0 Å². The topological polar surface area (TPSA) is 49.4 Å². The van der Waals surface area contributed by atoms with E-state index < -0.39 is 11.6 Å². The normalized spacial score (nSPS) is 12.1. The predicted molar refractivity (Wildman–Crippen MR) is 138 cm³/mol. The first-order chi connectivity index (χ1) is 16.1. The van der Waals surface area contributed by atoms with E-state index >= 15 is 0 Å². The minimum Gasteiger partial charge on any atom is -0.350 e. The first kappa shape index (κ1) is 25.2. The summed E-state index contributed by atoms with van der Waals surface area (Å²) in [5.74, 6) is -0.193. The molecule has 34 heavy (non-hydrogen) atoms. The fourth-order valence-electron chi connectivity index (χ4n) is 4.08. The molecule has 1 N–H and O–H groups in total. The molecule has 0 aliphatic heterocycles. The highest BCUT2D eigenvalue weighted by atomic mass is 16.2. The van der Waals surface area contributed by atoms with Crippen LogP contribution in [0.1, 0.15) is 48.6 Å². The molecule has 0 radical (unpaired) electrons. The Balaban J connectivity index is 2.00. The third-order valence-electron chi connectivity index (χ3n) is 5.81. The van der Waals surface area contributed by atoms with Crippen LogP contribution >= 0.6 is 0 Å².